The first-order valence-corrected chi connectivity index (χ1v) is 8.26. The molecule has 2 heterocycles. The van der Waals surface area contributed by atoms with E-state index in [9.17, 15) is 9.59 Å². The number of H-pyrrole nitrogens is 2. The number of hydrogen-bond donors (Lipinski definition) is 2. The standard InChI is InChI=1S/C15H18N4O2.C2H6.2H2/c1-3-4-9-5-11(9)10-6-13(19-18-8(10)2)12-7-16-15(21)17-14(12)20;1-2;;/h6-7,9,11H,3-5H2,1-2H3,(H2,16,17,20,21);1-2H3;2*1H. The molecule has 1 aliphatic rings. The van der Waals surface area contributed by atoms with E-state index in [0.717, 1.165) is 11.6 Å². The Bertz CT molecular complexity index is 789. The van der Waals surface area contributed by atoms with Crippen LogP contribution in [0.15, 0.2) is 21.9 Å². The second kappa shape index (κ2) is 7.35. The van der Waals surface area contributed by atoms with Gasteiger partial charge in [-0.15, -0.1) is 5.10 Å². The molecule has 23 heavy (non-hydrogen) atoms. The van der Waals surface area contributed by atoms with Gasteiger partial charge in [-0.3, -0.25) is 9.78 Å². The lowest BCUT2D eigenvalue weighted by molar-refractivity contribution is 0.683. The largest absolute Gasteiger partial charge is 0.325 e. The van der Waals surface area contributed by atoms with Crippen LogP contribution in [0.5, 0.6) is 0 Å². The van der Waals surface area contributed by atoms with Crippen molar-refractivity contribution in [1.82, 2.24) is 20.2 Å². The van der Waals surface area contributed by atoms with E-state index in [-0.39, 0.29) is 2.85 Å². The van der Waals surface area contributed by atoms with Crippen LogP contribution in [0.4, 0.5) is 0 Å². The first-order valence-electron chi connectivity index (χ1n) is 8.26. The third-order valence-corrected chi connectivity index (χ3v) is 4.09. The molecule has 0 saturated heterocycles. The van der Waals surface area contributed by atoms with Crippen molar-refractivity contribution in [2.24, 2.45) is 5.92 Å². The second-order valence-corrected chi connectivity index (χ2v) is 5.65. The molecule has 2 aromatic rings. The minimum Gasteiger partial charge on any atom is -0.313 e. The van der Waals surface area contributed by atoms with Gasteiger partial charge in [-0.1, -0.05) is 33.6 Å². The molecule has 0 bridgehead atoms. The van der Waals surface area contributed by atoms with Gasteiger partial charge in [-0.05, 0) is 36.8 Å². The molecule has 0 radical (unpaired) electrons. The van der Waals surface area contributed by atoms with Gasteiger partial charge in [-0.25, -0.2) is 4.79 Å². The summed E-state index contributed by atoms with van der Waals surface area (Å²) in [6.07, 6.45) is 4.98. The lowest BCUT2D eigenvalue weighted by Crippen LogP contribution is -2.23. The van der Waals surface area contributed by atoms with Crippen LogP contribution < -0.4 is 11.2 Å². The number of nitrogens with one attached hydrogen (secondary N) is 2. The van der Waals surface area contributed by atoms with Crippen molar-refractivity contribution in [2.75, 3.05) is 0 Å². The monoisotopic (exact) mass is 320 g/mol. The molecular weight excluding hydrogens is 292 g/mol. The van der Waals surface area contributed by atoms with Crippen LogP contribution in [0.3, 0.4) is 0 Å². The first-order chi connectivity index (χ1) is 11.1. The van der Waals surface area contributed by atoms with E-state index in [2.05, 4.69) is 27.1 Å². The molecule has 2 atom stereocenters. The van der Waals surface area contributed by atoms with E-state index in [1.54, 1.807) is 0 Å². The number of aromatic amines is 2. The molecule has 3 rings (SSSR count). The fraction of sp³-hybridized carbons (Fsp3) is 0.529. The summed E-state index contributed by atoms with van der Waals surface area (Å²) in [7, 11) is 0. The van der Waals surface area contributed by atoms with Crippen LogP contribution in [0.1, 0.15) is 60.1 Å². The average Bonchev–Trinajstić information content (AvgIpc) is 3.30. The highest BCUT2D eigenvalue weighted by Crippen LogP contribution is 2.50. The maximum absolute atomic E-state index is 11.8. The molecule has 128 valence electrons. The third kappa shape index (κ3) is 3.75. The third-order valence-electron chi connectivity index (χ3n) is 4.09. The molecule has 6 nitrogen and oxygen atoms in total. The number of hydrogen-bond acceptors (Lipinski definition) is 4. The Hall–Kier alpha value is -2.24. The highest BCUT2D eigenvalue weighted by Gasteiger charge is 2.38. The molecule has 1 aliphatic carbocycles. The molecule has 2 aromatic heterocycles. The van der Waals surface area contributed by atoms with Crippen molar-refractivity contribution in [3.8, 4) is 11.3 Å². The average molecular weight is 320 g/mol. The summed E-state index contributed by atoms with van der Waals surface area (Å²) < 4.78 is 0. The van der Waals surface area contributed by atoms with Crippen molar-refractivity contribution >= 4 is 0 Å². The number of aromatic nitrogens is 4. The van der Waals surface area contributed by atoms with Gasteiger partial charge in [-0.2, -0.15) is 5.10 Å². The quantitative estimate of drug-likeness (QED) is 0.904. The van der Waals surface area contributed by atoms with Crippen LogP contribution >= 0.6 is 0 Å². The molecule has 6 heteroatoms. The number of rotatable bonds is 4. The summed E-state index contributed by atoms with van der Waals surface area (Å²) in [5, 5.41) is 8.27. The molecule has 0 aliphatic heterocycles. The zero-order valence-electron chi connectivity index (χ0n) is 14.1. The van der Waals surface area contributed by atoms with Gasteiger partial charge in [0.2, 0.25) is 0 Å². The van der Waals surface area contributed by atoms with Crippen LogP contribution in [-0.4, -0.2) is 20.2 Å². The minimum absolute atomic E-state index is 0. The Balaban J connectivity index is 0.00000139. The second-order valence-electron chi connectivity index (χ2n) is 5.65. The van der Waals surface area contributed by atoms with Gasteiger partial charge in [0.15, 0.2) is 0 Å². The summed E-state index contributed by atoms with van der Waals surface area (Å²) in [6.45, 7) is 8.14. The summed E-state index contributed by atoms with van der Waals surface area (Å²) in [6, 6.07) is 1.94. The van der Waals surface area contributed by atoms with E-state index in [1.165, 1.54) is 31.0 Å². The molecular formula is C17H28N4O2. The maximum atomic E-state index is 11.8. The highest BCUT2D eigenvalue weighted by molar-refractivity contribution is 5.57. The SMILES string of the molecule is CC.CCCC1CC1c1cc(-c2c[nH]c(=O)[nH]c2=O)nnc1C.[HH].[HH]. The van der Waals surface area contributed by atoms with E-state index >= 15 is 0 Å². The lowest BCUT2D eigenvalue weighted by Gasteiger charge is -2.06. The maximum Gasteiger partial charge on any atom is 0.325 e. The molecule has 0 amide bonds. The van der Waals surface area contributed by atoms with Gasteiger partial charge in [0.25, 0.3) is 5.56 Å². The molecule has 2 unspecified atom stereocenters. The van der Waals surface area contributed by atoms with E-state index in [1.807, 2.05) is 26.8 Å². The fourth-order valence-corrected chi connectivity index (χ4v) is 2.89. The summed E-state index contributed by atoms with van der Waals surface area (Å²) >= 11 is 0. The smallest absolute Gasteiger partial charge is 0.313 e. The number of aryl methyl sites for hydroxylation is 1. The van der Waals surface area contributed by atoms with Crippen LogP contribution in [0, 0.1) is 12.8 Å². The predicted molar refractivity (Wildman–Crippen MR) is 94.8 cm³/mol. The molecule has 1 fully saturated rings. The molecule has 0 spiro atoms. The Labute approximate surface area is 138 Å². The predicted octanol–water partition coefficient (Wildman–Crippen LogP) is 3.25. The Morgan fingerprint density at radius 1 is 1.30 bits per heavy atom. The van der Waals surface area contributed by atoms with E-state index < -0.39 is 11.2 Å². The van der Waals surface area contributed by atoms with Gasteiger partial charge in [0, 0.05) is 9.05 Å². The van der Waals surface area contributed by atoms with E-state index in [0.29, 0.717) is 17.2 Å². The topological polar surface area (TPSA) is 91.5 Å². The van der Waals surface area contributed by atoms with Crippen LogP contribution in [0.2, 0.25) is 0 Å². The Morgan fingerprint density at radius 2 is 2.04 bits per heavy atom. The van der Waals surface area contributed by atoms with E-state index in [4.69, 9.17) is 0 Å². The number of nitrogens with zero attached hydrogens (tertiary/aromatic N) is 2. The zero-order chi connectivity index (χ0) is 17.0. The zero-order valence-corrected chi connectivity index (χ0v) is 14.1. The van der Waals surface area contributed by atoms with Crippen LogP contribution in [0.25, 0.3) is 11.3 Å². The van der Waals surface area contributed by atoms with Crippen molar-refractivity contribution in [1.29, 1.82) is 0 Å². The molecule has 0 aromatic carbocycles. The summed E-state index contributed by atoms with van der Waals surface area (Å²) in [5.41, 5.74) is 1.98. The van der Waals surface area contributed by atoms with Gasteiger partial charge in [0.05, 0.1) is 11.3 Å². The molecule has 1 saturated carbocycles. The fourth-order valence-electron chi connectivity index (χ4n) is 2.89. The summed E-state index contributed by atoms with van der Waals surface area (Å²) in [4.78, 5) is 27.6. The van der Waals surface area contributed by atoms with Crippen LogP contribution in [-0.2, 0) is 0 Å². The van der Waals surface area contributed by atoms with Crippen molar-refractivity contribution in [3.63, 3.8) is 0 Å². The van der Waals surface area contributed by atoms with Gasteiger partial charge < -0.3 is 4.98 Å². The normalized spacial score (nSPS) is 19.0. The Morgan fingerprint density at radius 3 is 2.70 bits per heavy atom. The van der Waals surface area contributed by atoms with Crippen molar-refractivity contribution in [2.45, 2.75) is 52.9 Å². The first kappa shape index (κ1) is 17.1. The van der Waals surface area contributed by atoms with Gasteiger partial charge >= 0.3 is 5.69 Å². The van der Waals surface area contributed by atoms with Gasteiger partial charge in [0.1, 0.15) is 5.69 Å². The minimum atomic E-state index is -0.519. The Kier molecular flexibility index (Phi) is 5.47. The summed E-state index contributed by atoms with van der Waals surface area (Å²) in [5.74, 6) is 1.25. The highest BCUT2D eigenvalue weighted by atomic mass is 16.2. The van der Waals surface area contributed by atoms with Crippen molar-refractivity contribution in [3.05, 3.63) is 44.4 Å². The lowest BCUT2D eigenvalue weighted by atomic mass is 10.0. The van der Waals surface area contributed by atoms with Crippen molar-refractivity contribution < 1.29 is 2.85 Å². The molecule has 2 N–H and O–H groups in total.